The summed E-state index contributed by atoms with van der Waals surface area (Å²) in [5, 5.41) is 0. The van der Waals surface area contributed by atoms with Gasteiger partial charge in [0.15, 0.2) is 11.2 Å². The highest BCUT2D eigenvalue weighted by Crippen LogP contribution is 2.18. The van der Waals surface area contributed by atoms with Crippen LogP contribution in [0.4, 0.5) is 0 Å². The Hall–Kier alpha value is -2.89. The molecule has 0 N–H and O–H groups in total. The number of aromatic nitrogens is 4. The molecule has 0 unspecified atom stereocenters. The summed E-state index contributed by atoms with van der Waals surface area (Å²) in [6.07, 6.45) is 1.94. The molecule has 0 saturated heterocycles. The van der Waals surface area contributed by atoms with Crippen molar-refractivity contribution >= 4 is 22.8 Å². The molecule has 6 heteroatoms. The molecule has 0 atom stereocenters. The van der Waals surface area contributed by atoms with E-state index in [2.05, 4.69) is 4.98 Å². The van der Waals surface area contributed by atoms with Gasteiger partial charge in [0, 0.05) is 20.1 Å². The number of benzene rings is 1. The maximum atomic E-state index is 12.7. The molecule has 0 aliphatic heterocycles. The summed E-state index contributed by atoms with van der Waals surface area (Å²) in [7, 11) is 1.81. The van der Waals surface area contributed by atoms with Gasteiger partial charge in [-0.15, -0.1) is 0 Å². The van der Waals surface area contributed by atoms with Crippen LogP contribution in [0.15, 0.2) is 39.9 Å². The highest BCUT2D eigenvalue weighted by atomic mass is 16.2. The smallest absolute Gasteiger partial charge is 0.322 e. The van der Waals surface area contributed by atoms with E-state index >= 15 is 0 Å². The molecule has 3 rings (SSSR count). The minimum atomic E-state index is -0.309. The summed E-state index contributed by atoms with van der Waals surface area (Å²) in [6.45, 7) is 6.49. The Morgan fingerprint density at radius 2 is 1.72 bits per heavy atom. The number of fused-ring (bicyclic) bond motifs is 1. The monoisotopic (exact) mass is 338 g/mol. The predicted octanol–water partition coefficient (Wildman–Crippen LogP) is 2.50. The van der Waals surface area contributed by atoms with E-state index in [9.17, 15) is 9.59 Å². The average molecular weight is 338 g/mol. The predicted molar refractivity (Wildman–Crippen MR) is 101 cm³/mol. The summed E-state index contributed by atoms with van der Waals surface area (Å²) in [6, 6.07) is 9.99. The first-order valence-electron chi connectivity index (χ1n) is 8.43. The Morgan fingerprint density at radius 1 is 1.08 bits per heavy atom. The van der Waals surface area contributed by atoms with Crippen LogP contribution in [0, 0.1) is 0 Å². The Labute approximate surface area is 145 Å². The van der Waals surface area contributed by atoms with Crippen LogP contribution in [0.2, 0.25) is 0 Å². The number of rotatable bonds is 4. The van der Waals surface area contributed by atoms with Crippen LogP contribution in [0.25, 0.3) is 22.8 Å². The van der Waals surface area contributed by atoms with Gasteiger partial charge in [0.25, 0.3) is 5.56 Å². The van der Waals surface area contributed by atoms with Gasteiger partial charge in [-0.25, -0.2) is 9.78 Å². The molecule has 0 amide bonds. The number of allylic oxidation sites excluding steroid dienone is 1. The van der Waals surface area contributed by atoms with E-state index in [0.29, 0.717) is 30.1 Å². The molecule has 0 radical (unpaired) electrons. The van der Waals surface area contributed by atoms with Crippen LogP contribution in [0.3, 0.4) is 0 Å². The van der Waals surface area contributed by atoms with E-state index in [4.69, 9.17) is 0 Å². The third-order valence-corrected chi connectivity index (χ3v) is 4.48. The third-order valence-electron chi connectivity index (χ3n) is 4.48. The largest absolute Gasteiger partial charge is 0.332 e. The van der Waals surface area contributed by atoms with Gasteiger partial charge in [0.2, 0.25) is 0 Å². The van der Waals surface area contributed by atoms with E-state index in [1.165, 1.54) is 4.57 Å². The zero-order valence-electron chi connectivity index (χ0n) is 15.0. The molecule has 0 fully saturated rings. The van der Waals surface area contributed by atoms with Crippen molar-refractivity contribution in [2.75, 3.05) is 0 Å². The number of imidazole rings is 1. The molecule has 0 spiro atoms. The number of aryl methyl sites for hydroxylation is 2. The van der Waals surface area contributed by atoms with Crippen LogP contribution >= 0.6 is 0 Å². The van der Waals surface area contributed by atoms with Crippen molar-refractivity contribution in [1.82, 2.24) is 18.7 Å². The van der Waals surface area contributed by atoms with E-state index < -0.39 is 0 Å². The Bertz CT molecular complexity index is 1070. The van der Waals surface area contributed by atoms with Gasteiger partial charge >= 0.3 is 5.69 Å². The zero-order chi connectivity index (χ0) is 18.1. The lowest BCUT2D eigenvalue weighted by Gasteiger charge is -2.08. The van der Waals surface area contributed by atoms with Crippen molar-refractivity contribution < 1.29 is 0 Å². The average Bonchev–Trinajstić information content (AvgIpc) is 2.93. The second kappa shape index (κ2) is 6.55. The molecule has 2 aromatic heterocycles. The topological polar surface area (TPSA) is 61.8 Å². The molecular formula is C19H22N4O2. The zero-order valence-corrected chi connectivity index (χ0v) is 15.0. The van der Waals surface area contributed by atoms with Crippen LogP contribution < -0.4 is 11.2 Å². The fourth-order valence-electron chi connectivity index (χ4n) is 3.05. The molecular weight excluding hydrogens is 316 g/mol. The normalized spacial score (nSPS) is 12.1. The second-order valence-corrected chi connectivity index (χ2v) is 5.97. The lowest BCUT2D eigenvalue weighted by atomic mass is 10.1. The van der Waals surface area contributed by atoms with Crippen LogP contribution in [-0.2, 0) is 20.1 Å². The first kappa shape index (κ1) is 17.0. The van der Waals surface area contributed by atoms with Gasteiger partial charge in [0.05, 0.1) is 0 Å². The first-order valence-corrected chi connectivity index (χ1v) is 8.43. The van der Waals surface area contributed by atoms with Gasteiger partial charge in [-0.05, 0) is 38.0 Å². The Balaban J connectivity index is 2.30. The highest BCUT2D eigenvalue weighted by molar-refractivity contribution is 5.82. The second-order valence-electron chi connectivity index (χ2n) is 5.97. The van der Waals surface area contributed by atoms with Crippen molar-refractivity contribution in [3.05, 3.63) is 62.6 Å². The maximum Gasteiger partial charge on any atom is 0.332 e. The van der Waals surface area contributed by atoms with Crippen molar-refractivity contribution in [3.8, 4) is 0 Å². The van der Waals surface area contributed by atoms with E-state index in [1.54, 1.807) is 16.1 Å². The van der Waals surface area contributed by atoms with Crippen molar-refractivity contribution in [1.29, 1.82) is 0 Å². The summed E-state index contributed by atoms with van der Waals surface area (Å²) >= 11 is 0. The standard InChI is InChI=1S/C19H22N4O2/c1-5-22-17-16(18(24)23(6-2)19(22)25)21(4)15(20-17)12-13(3)14-10-8-7-9-11-14/h7-12H,5-6H2,1-4H3. The molecule has 1 aromatic carbocycles. The minimum absolute atomic E-state index is 0.292. The van der Waals surface area contributed by atoms with Gasteiger partial charge < -0.3 is 4.57 Å². The maximum absolute atomic E-state index is 12.7. The van der Waals surface area contributed by atoms with Crippen molar-refractivity contribution in [3.63, 3.8) is 0 Å². The van der Waals surface area contributed by atoms with Crippen molar-refractivity contribution in [2.45, 2.75) is 33.9 Å². The Kier molecular flexibility index (Phi) is 4.44. The number of hydrogen-bond acceptors (Lipinski definition) is 3. The van der Waals surface area contributed by atoms with E-state index in [-0.39, 0.29) is 11.2 Å². The molecule has 0 aliphatic carbocycles. The number of hydrogen-bond donors (Lipinski definition) is 0. The van der Waals surface area contributed by atoms with Crippen LogP contribution in [0.1, 0.15) is 32.2 Å². The van der Waals surface area contributed by atoms with Crippen LogP contribution in [-0.4, -0.2) is 18.7 Å². The van der Waals surface area contributed by atoms with Crippen molar-refractivity contribution in [2.24, 2.45) is 7.05 Å². The molecule has 130 valence electrons. The summed E-state index contributed by atoms with van der Waals surface area (Å²) in [5.74, 6) is 0.656. The Morgan fingerprint density at radius 3 is 2.32 bits per heavy atom. The molecule has 0 saturated carbocycles. The third kappa shape index (κ3) is 2.73. The fourth-order valence-corrected chi connectivity index (χ4v) is 3.05. The summed E-state index contributed by atoms with van der Waals surface area (Å²) < 4.78 is 4.57. The molecule has 2 heterocycles. The lowest BCUT2D eigenvalue weighted by molar-refractivity contribution is 0.604. The molecule has 0 aliphatic rings. The molecule has 6 nitrogen and oxygen atoms in total. The fraction of sp³-hybridized carbons (Fsp3) is 0.316. The first-order chi connectivity index (χ1) is 12.0. The number of nitrogens with zero attached hydrogens (tertiary/aromatic N) is 4. The van der Waals surface area contributed by atoms with Gasteiger partial charge in [-0.2, -0.15) is 0 Å². The van der Waals surface area contributed by atoms with E-state index in [1.807, 2.05) is 57.3 Å². The summed E-state index contributed by atoms with van der Waals surface area (Å²) in [4.78, 5) is 29.8. The quantitative estimate of drug-likeness (QED) is 0.734. The lowest BCUT2D eigenvalue weighted by Crippen LogP contribution is -2.39. The summed E-state index contributed by atoms with van der Waals surface area (Å²) in [5.41, 5.74) is 2.43. The molecule has 0 bridgehead atoms. The van der Waals surface area contributed by atoms with Gasteiger partial charge in [-0.1, -0.05) is 30.3 Å². The highest BCUT2D eigenvalue weighted by Gasteiger charge is 2.18. The molecule has 3 aromatic rings. The van der Waals surface area contributed by atoms with Gasteiger partial charge in [0.1, 0.15) is 5.82 Å². The molecule has 25 heavy (non-hydrogen) atoms. The van der Waals surface area contributed by atoms with Crippen LogP contribution in [0.5, 0.6) is 0 Å². The SMILES string of the molecule is CCn1c(=O)c2c(nc(C=C(C)c3ccccc3)n2C)n(CC)c1=O. The minimum Gasteiger partial charge on any atom is -0.322 e. The van der Waals surface area contributed by atoms with E-state index in [0.717, 1.165) is 11.1 Å². The van der Waals surface area contributed by atoms with Gasteiger partial charge in [-0.3, -0.25) is 13.9 Å².